The summed E-state index contributed by atoms with van der Waals surface area (Å²) >= 11 is 0. The predicted octanol–water partition coefficient (Wildman–Crippen LogP) is 3.61. The van der Waals surface area contributed by atoms with Crippen molar-refractivity contribution < 1.29 is 97.5 Å². The number of hydrogen-bond acceptors (Lipinski definition) is 5. The Morgan fingerprint density at radius 2 is 0.818 bits per heavy atom. The molecule has 0 heterocycles. The minimum absolute atomic E-state index is 2.41. The second kappa shape index (κ2) is 8.10. The topological polar surface area (TPSA) is 83.8 Å². The molecule has 0 unspecified atom stereocenters. The summed E-state index contributed by atoms with van der Waals surface area (Å²) in [6.07, 6.45) is -11.1. The maximum absolute atomic E-state index is 13.4. The van der Waals surface area contributed by atoms with Gasteiger partial charge in [0.2, 0.25) is 0 Å². The third kappa shape index (κ3) is 4.28. The Labute approximate surface area is 168 Å². The molecule has 0 aromatic heterocycles. The molecule has 0 aliphatic heterocycles. The largest absolute Gasteiger partial charge is 0.460 e. The molecule has 33 heavy (non-hydrogen) atoms. The zero-order valence-corrected chi connectivity index (χ0v) is 15.1. The standard InChI is InChI=1S/C10H5F17O5S/c11-3(12,5(15,16)7(19,20)9(23,24)25)4(13,14)6(17,18)8(21,22)10(26,27)33(30,31)32-1-2(28)29/h2,28-29H,1H2. The van der Waals surface area contributed by atoms with Crippen LogP contribution in [0.4, 0.5) is 74.6 Å². The summed E-state index contributed by atoms with van der Waals surface area (Å²) in [5.74, 6) is -52.3. The van der Waals surface area contributed by atoms with Gasteiger partial charge >= 0.3 is 57.1 Å². The Hall–Kier alpha value is -1.36. The van der Waals surface area contributed by atoms with Crippen LogP contribution in [-0.4, -0.2) is 78.5 Å². The van der Waals surface area contributed by atoms with Crippen molar-refractivity contribution in [3.8, 4) is 0 Å². The van der Waals surface area contributed by atoms with E-state index >= 15 is 0 Å². The molecule has 0 fully saturated rings. The lowest BCUT2D eigenvalue weighted by Crippen LogP contribution is -2.75. The van der Waals surface area contributed by atoms with Crippen molar-refractivity contribution in [1.29, 1.82) is 0 Å². The second-order valence-corrected chi connectivity index (χ2v) is 7.34. The Morgan fingerprint density at radius 3 is 1.09 bits per heavy atom. The van der Waals surface area contributed by atoms with Gasteiger partial charge in [-0.05, 0) is 0 Å². The number of aliphatic hydroxyl groups excluding tert-OH is 1. The molecule has 0 aromatic carbocycles. The molecule has 0 rings (SSSR count). The van der Waals surface area contributed by atoms with Crippen molar-refractivity contribution in [1.82, 2.24) is 0 Å². The van der Waals surface area contributed by atoms with E-state index in [-0.39, 0.29) is 0 Å². The lowest BCUT2D eigenvalue weighted by molar-refractivity contribution is -0.458. The van der Waals surface area contributed by atoms with E-state index in [0.29, 0.717) is 0 Å². The van der Waals surface area contributed by atoms with Crippen molar-refractivity contribution in [3.05, 3.63) is 0 Å². The van der Waals surface area contributed by atoms with Gasteiger partial charge in [0.25, 0.3) is 0 Å². The first-order valence-corrected chi connectivity index (χ1v) is 8.29. The van der Waals surface area contributed by atoms with Gasteiger partial charge in [0.15, 0.2) is 6.29 Å². The highest BCUT2D eigenvalue weighted by atomic mass is 32.2. The van der Waals surface area contributed by atoms with Crippen LogP contribution in [0.2, 0.25) is 0 Å². The van der Waals surface area contributed by atoms with Crippen LogP contribution < -0.4 is 0 Å². The van der Waals surface area contributed by atoms with Crippen molar-refractivity contribution in [3.63, 3.8) is 0 Å². The molecule has 0 radical (unpaired) electrons. The van der Waals surface area contributed by atoms with Gasteiger partial charge < -0.3 is 10.2 Å². The highest BCUT2D eigenvalue weighted by Gasteiger charge is 2.96. The third-order valence-corrected chi connectivity index (χ3v) is 4.71. The van der Waals surface area contributed by atoms with Gasteiger partial charge in [0.05, 0.1) is 0 Å². The summed E-state index contributed by atoms with van der Waals surface area (Å²) in [6, 6.07) is 0. The minimum Gasteiger partial charge on any atom is -0.366 e. The third-order valence-electron chi connectivity index (χ3n) is 3.38. The highest BCUT2D eigenvalue weighted by molar-refractivity contribution is 7.87. The van der Waals surface area contributed by atoms with Gasteiger partial charge in [-0.3, -0.25) is 4.18 Å². The van der Waals surface area contributed by atoms with E-state index in [1.807, 2.05) is 0 Å². The zero-order valence-electron chi connectivity index (χ0n) is 14.2. The molecule has 0 saturated heterocycles. The molecule has 2 N–H and O–H groups in total. The normalized spacial score (nSPS) is 16.5. The van der Waals surface area contributed by atoms with Crippen molar-refractivity contribution >= 4 is 10.1 Å². The second-order valence-electron chi connectivity index (χ2n) is 5.68. The fraction of sp³-hybridized carbons (Fsp3) is 1.00. The summed E-state index contributed by atoms with van der Waals surface area (Å²) in [6.45, 7) is -2.41. The van der Waals surface area contributed by atoms with Crippen LogP contribution in [0, 0.1) is 0 Å². The molecule has 200 valence electrons. The number of rotatable bonds is 10. The molecule has 0 spiro atoms. The van der Waals surface area contributed by atoms with Crippen molar-refractivity contribution in [2.75, 3.05) is 6.61 Å². The quantitative estimate of drug-likeness (QED) is 0.243. The Morgan fingerprint density at radius 1 is 0.545 bits per heavy atom. The lowest BCUT2D eigenvalue weighted by atomic mass is 9.91. The fourth-order valence-electron chi connectivity index (χ4n) is 1.53. The average molecular weight is 560 g/mol. The van der Waals surface area contributed by atoms with Gasteiger partial charge in [-0.1, -0.05) is 0 Å². The lowest BCUT2D eigenvalue weighted by Gasteiger charge is -2.42. The fourth-order valence-corrected chi connectivity index (χ4v) is 2.42. The monoisotopic (exact) mass is 560 g/mol. The predicted molar refractivity (Wildman–Crippen MR) is 63.8 cm³/mol. The summed E-state index contributed by atoms with van der Waals surface area (Å²) in [5, 5.41) is 8.42. The Kier molecular flexibility index (Phi) is 7.77. The molecule has 0 atom stereocenters. The molecule has 0 aliphatic carbocycles. The summed E-state index contributed by atoms with van der Waals surface area (Å²) < 4.78 is 244. The summed E-state index contributed by atoms with van der Waals surface area (Å²) in [7, 11) is -7.77. The number of alkyl halides is 17. The average Bonchev–Trinajstić information content (AvgIpc) is 2.57. The van der Waals surface area contributed by atoms with E-state index in [1.54, 1.807) is 0 Å². The van der Waals surface area contributed by atoms with E-state index in [0.717, 1.165) is 0 Å². The smallest absolute Gasteiger partial charge is 0.366 e. The number of halogens is 17. The van der Waals surface area contributed by atoms with Crippen LogP contribution in [0.15, 0.2) is 0 Å². The highest BCUT2D eigenvalue weighted by Crippen LogP contribution is 2.64. The van der Waals surface area contributed by atoms with Crippen LogP contribution in [-0.2, 0) is 14.3 Å². The molecule has 0 aromatic rings. The molecule has 0 saturated carbocycles. The van der Waals surface area contributed by atoms with Crippen LogP contribution in [0.5, 0.6) is 0 Å². The van der Waals surface area contributed by atoms with Gasteiger partial charge in [-0.15, -0.1) is 0 Å². The van der Waals surface area contributed by atoms with E-state index in [9.17, 15) is 83.1 Å². The minimum atomic E-state index is -8.95. The van der Waals surface area contributed by atoms with Crippen LogP contribution in [0.3, 0.4) is 0 Å². The molecule has 5 nitrogen and oxygen atoms in total. The van der Waals surface area contributed by atoms with E-state index in [2.05, 4.69) is 4.18 Å². The van der Waals surface area contributed by atoms with Gasteiger partial charge in [0, 0.05) is 0 Å². The first-order valence-electron chi connectivity index (χ1n) is 6.88. The maximum Gasteiger partial charge on any atom is 0.460 e. The molecular weight excluding hydrogens is 555 g/mol. The van der Waals surface area contributed by atoms with Gasteiger partial charge in [-0.25, -0.2) is 0 Å². The van der Waals surface area contributed by atoms with E-state index in [1.165, 1.54) is 0 Å². The zero-order chi connectivity index (χ0) is 27.5. The van der Waals surface area contributed by atoms with Crippen LogP contribution >= 0.6 is 0 Å². The molecule has 23 heteroatoms. The van der Waals surface area contributed by atoms with Gasteiger partial charge in [-0.2, -0.15) is 83.1 Å². The first-order chi connectivity index (χ1) is 13.9. The summed E-state index contributed by atoms with van der Waals surface area (Å²) in [5.41, 5.74) is 0. The Balaban J connectivity index is 6.83. The summed E-state index contributed by atoms with van der Waals surface area (Å²) in [4.78, 5) is 0. The molecule has 0 aliphatic rings. The molecule has 0 amide bonds. The Bertz CT molecular complexity index is 815. The maximum atomic E-state index is 13.4. The molecular formula is C10H5F17O5S. The van der Waals surface area contributed by atoms with Crippen LogP contribution in [0.25, 0.3) is 0 Å². The number of aliphatic hydroxyl groups is 2. The SMILES string of the molecule is O=S(=O)(OCC(O)O)C(F)(F)C(F)(F)C(F)(F)C(F)(F)C(F)(F)C(F)(F)C(F)(F)C(F)(F)F. The van der Waals surface area contributed by atoms with E-state index < -0.39 is 70.0 Å². The van der Waals surface area contributed by atoms with Crippen LogP contribution in [0.1, 0.15) is 0 Å². The molecule has 0 bridgehead atoms. The first kappa shape index (κ1) is 31.6. The van der Waals surface area contributed by atoms with Gasteiger partial charge in [0.1, 0.15) is 6.61 Å². The van der Waals surface area contributed by atoms with Crippen molar-refractivity contribution in [2.24, 2.45) is 0 Å². The van der Waals surface area contributed by atoms with Crippen molar-refractivity contribution in [2.45, 2.75) is 53.3 Å². The number of hydrogen-bond donors (Lipinski definition) is 2. The van der Waals surface area contributed by atoms with E-state index in [4.69, 9.17) is 10.2 Å².